The third kappa shape index (κ3) is 40.3. The van der Waals surface area contributed by atoms with Gasteiger partial charge in [-0.1, -0.05) is 97.9 Å². The van der Waals surface area contributed by atoms with Crippen LogP contribution in [-0.2, 0) is 35.8 Å². The van der Waals surface area contributed by atoms with Crippen LogP contribution in [0.25, 0.3) is 20.9 Å². The number of nitrogens with one attached hydrogen (secondary N) is 1. The smallest absolute Gasteiger partial charge is 0.337 e. The van der Waals surface area contributed by atoms with Crippen LogP contribution >= 0.6 is 11.8 Å². The molecule has 1 atom stereocenters. The largest absolute Gasteiger partial charge is 0.516 e. The topological polar surface area (TPSA) is 470 Å². The van der Waals surface area contributed by atoms with Crippen molar-refractivity contribution in [2.75, 3.05) is 7.11 Å². The molecular formula is C78H86N8O19SSi. The second-order valence-electron chi connectivity index (χ2n) is 23.7. The number of ether oxygens (including phenoxy) is 1. The number of amides is 2. The van der Waals surface area contributed by atoms with Crippen molar-refractivity contribution in [2.45, 2.75) is 97.2 Å². The molecule has 0 aromatic heterocycles. The van der Waals surface area contributed by atoms with Crippen molar-refractivity contribution in [2.24, 2.45) is 16.1 Å². The number of azide groups is 2. The van der Waals surface area contributed by atoms with Gasteiger partial charge in [-0.15, -0.1) is 0 Å². The molecule has 10 N–H and O–H groups in total. The molecule has 1 heterocycles. The number of esters is 1. The van der Waals surface area contributed by atoms with Crippen molar-refractivity contribution < 1.29 is 93.5 Å². The Bertz CT molecular complexity index is 4260. The van der Waals surface area contributed by atoms with E-state index in [4.69, 9.17) is 66.7 Å². The fourth-order valence-corrected chi connectivity index (χ4v) is 8.88. The minimum atomic E-state index is -2.08. The molecule has 562 valence electrons. The first-order valence-electron chi connectivity index (χ1n) is 32.2. The van der Waals surface area contributed by atoms with E-state index in [0.29, 0.717) is 51.4 Å². The molecule has 27 nitrogen and oxygen atoms in total. The molecule has 29 heteroatoms. The van der Waals surface area contributed by atoms with Crippen molar-refractivity contribution in [3.63, 3.8) is 0 Å². The van der Waals surface area contributed by atoms with Crippen LogP contribution in [0.5, 0.6) is 40.2 Å². The number of nitriles is 1. The first-order chi connectivity index (χ1) is 50.6. The molecule has 0 radical (unpaired) electrons. The van der Waals surface area contributed by atoms with Gasteiger partial charge in [-0.2, -0.15) is 5.26 Å². The van der Waals surface area contributed by atoms with Gasteiger partial charge in [-0.05, 0) is 237 Å². The number of methoxy groups -OCH3 is 1. The number of carboxylic acids is 2. The molecule has 2 amide bonds. The highest BCUT2D eigenvalue weighted by atomic mass is 32.2. The van der Waals surface area contributed by atoms with Crippen LogP contribution in [0, 0.1) is 17.2 Å². The van der Waals surface area contributed by atoms with E-state index in [9.17, 15) is 38.4 Å². The number of phenols is 7. The summed E-state index contributed by atoms with van der Waals surface area (Å²) < 4.78 is 10.1. The summed E-state index contributed by atoms with van der Waals surface area (Å²) >= 11 is 1.27. The number of imide groups is 1. The Kier molecular flexibility index (Phi) is 43.2. The summed E-state index contributed by atoms with van der Waals surface area (Å²) in [7, 11) is -0.762. The van der Waals surface area contributed by atoms with Crippen molar-refractivity contribution in [3.8, 4) is 46.3 Å². The Balaban J connectivity index is 0.000000599. The number of nitrogens with zero attached hydrogens (tertiary/aromatic N) is 7. The maximum atomic E-state index is 11.9. The molecule has 107 heavy (non-hydrogen) atoms. The molecule has 8 aromatic rings. The number of aliphatic carboxylic acids is 2. The van der Waals surface area contributed by atoms with Gasteiger partial charge in [0.15, 0.2) is 5.12 Å². The Morgan fingerprint density at radius 1 is 0.617 bits per heavy atom. The second kappa shape index (κ2) is 50.3. The Hall–Kier alpha value is -13.1. The number of aldehydes is 1. The SMILES string of the molecule is C=C(C)C(=O)O.CC(=O)SCc1ccc(O)cc1.CC(C)(C)[Si](C)(C)OC(=O)c1ccc(O)cc1.COC(=O)c1ccc(O)cc1.N#Cc1ccc(O)cc1.O=C(O)C1CC/C=C\CCC1.O=C1NC(=O)c2ccccc21.O=Cc1ccc(O)cc1.[N-]=[N+]=NCc1ccc(O)cc1.[N-]=[N+]=Nc1ccc(O)cc1. The number of carboxylic acid groups (broad SMARTS) is 2. The van der Waals surface area contributed by atoms with Gasteiger partial charge in [-0.25, -0.2) is 14.4 Å². The molecule has 0 fully saturated rings. The number of fused-ring (bicyclic) bond motifs is 1. The minimum Gasteiger partial charge on any atom is -0.516 e. The summed E-state index contributed by atoms with van der Waals surface area (Å²) in [5.74, 6) is -0.998. The molecule has 0 saturated carbocycles. The van der Waals surface area contributed by atoms with Crippen LogP contribution in [0.3, 0.4) is 0 Å². The number of thioether (sulfide) groups is 1. The van der Waals surface area contributed by atoms with Gasteiger partial charge in [0.25, 0.3) is 20.1 Å². The van der Waals surface area contributed by atoms with Crippen LogP contribution in [0.15, 0.2) is 229 Å². The molecule has 10 rings (SSSR count). The predicted octanol–water partition coefficient (Wildman–Crippen LogP) is 17.3. The van der Waals surface area contributed by atoms with E-state index in [1.54, 1.807) is 104 Å². The van der Waals surface area contributed by atoms with Gasteiger partial charge < -0.3 is 55.1 Å². The number of carbonyl (C=O) groups excluding carboxylic acids is 6. The normalized spacial score (nSPS) is 12.0. The first-order valence-corrected chi connectivity index (χ1v) is 36.1. The highest BCUT2D eigenvalue weighted by Gasteiger charge is 2.40. The van der Waals surface area contributed by atoms with Crippen molar-refractivity contribution in [1.82, 2.24) is 5.32 Å². The van der Waals surface area contributed by atoms with Crippen molar-refractivity contribution >= 4 is 72.9 Å². The summed E-state index contributed by atoms with van der Waals surface area (Å²) in [5, 5.41) is 96.0. The Morgan fingerprint density at radius 2 is 1.02 bits per heavy atom. The molecule has 0 spiro atoms. The van der Waals surface area contributed by atoms with Gasteiger partial charge >= 0.3 is 23.9 Å². The summed E-state index contributed by atoms with van der Waals surface area (Å²) in [6.07, 6.45) is 9.63. The highest BCUT2D eigenvalue weighted by Crippen LogP contribution is 2.37. The molecule has 1 aliphatic carbocycles. The lowest BCUT2D eigenvalue weighted by atomic mass is 9.94. The lowest BCUT2D eigenvalue weighted by molar-refractivity contribution is -0.142. The molecule has 8 aromatic carbocycles. The summed E-state index contributed by atoms with van der Waals surface area (Å²) in [6, 6.07) is 52.2. The monoisotopic (exact) mass is 1500 g/mol. The zero-order valence-corrected chi connectivity index (χ0v) is 61.9. The lowest BCUT2D eigenvalue weighted by Crippen LogP contribution is -2.42. The van der Waals surface area contributed by atoms with Crippen LogP contribution in [0.4, 0.5) is 5.69 Å². The van der Waals surface area contributed by atoms with Gasteiger partial charge in [0.2, 0.25) is 0 Å². The second-order valence-corrected chi connectivity index (χ2v) is 29.6. The third-order valence-corrected chi connectivity index (χ3v) is 19.5. The van der Waals surface area contributed by atoms with Gasteiger partial charge in [0.1, 0.15) is 46.5 Å². The van der Waals surface area contributed by atoms with Crippen molar-refractivity contribution in [3.05, 3.63) is 284 Å². The van der Waals surface area contributed by atoms with Crippen LogP contribution in [0.1, 0.15) is 135 Å². The fourth-order valence-electron chi connectivity index (χ4n) is 7.43. The first kappa shape index (κ1) is 91.9. The number of hydrogen-bond donors (Lipinski definition) is 10. The van der Waals surface area contributed by atoms with E-state index in [1.807, 2.05) is 31.3 Å². The average Bonchev–Trinajstić information content (AvgIpc) is 1.73. The summed E-state index contributed by atoms with van der Waals surface area (Å²) in [6.45, 7) is 16.8. The van der Waals surface area contributed by atoms with E-state index < -0.39 is 26.2 Å². The molecular weight excluding hydrogens is 1410 g/mol. The summed E-state index contributed by atoms with van der Waals surface area (Å²) in [5.41, 5.74) is 21.6. The van der Waals surface area contributed by atoms with Crippen LogP contribution in [-0.4, -0.2) is 108 Å². The highest BCUT2D eigenvalue weighted by molar-refractivity contribution is 8.12. The quantitative estimate of drug-likeness (QED) is 0.00662. The number of carbonyl (C=O) groups is 8. The molecule has 1 aliphatic heterocycles. The fraction of sp³-hybridized carbons (Fsp3) is 0.218. The standard InChI is InChI=1S/C13H20O3Si.C9H10O2S.C9H14O2.C8H5NO2.C8H8O3.C7H7N3O.C7H5NO.C7H6O2.C6H5N3O.C4H6O2/c1-13(2,3)17(4,5)16-12(15)10-6-8-11(14)9-7-10;1-7(10)12-6-8-2-4-9(11)5-3-8;10-9(11)8-6-4-2-1-3-5-7-8;10-7-5-3-1-2-4-6(5)8(11)9-7;1-11-8(10)6-2-4-7(9)5-3-6;8-10-9-5-6-1-3-7(11)4-2-6;2*8-5-6-1-3-7(9)4-2-6;7-9-8-5-1-3-6(10)4-2-5;1-3(2)4(5)6/h6-9,14H,1-5H3;2-5,11H,6H2,1H3;1-2,8H,3-7H2,(H,10,11);1-4H,(H,9,10,11);2-5,9H,1H3;1-4,11H,5H2;1-4,9H;1-5,9H;1-4,10H;1H2,2H3,(H,5,6)/b;;2-1-;;;;;;;. The number of aromatic hydroxyl groups is 7. The number of rotatable bonds is 11. The predicted molar refractivity (Wildman–Crippen MR) is 408 cm³/mol. The zero-order valence-electron chi connectivity index (χ0n) is 60.1. The van der Waals surface area contributed by atoms with E-state index in [0.717, 1.165) is 49.5 Å². The number of benzene rings is 8. The molecule has 1 unspecified atom stereocenters. The maximum Gasteiger partial charge on any atom is 0.337 e. The van der Waals surface area contributed by atoms with Crippen LogP contribution in [0.2, 0.25) is 18.1 Å². The Morgan fingerprint density at radius 3 is 1.40 bits per heavy atom. The van der Waals surface area contributed by atoms with Gasteiger partial charge in [-0.3, -0.25) is 29.3 Å². The lowest BCUT2D eigenvalue weighted by Gasteiger charge is -2.35. The van der Waals surface area contributed by atoms with E-state index in [1.165, 1.54) is 111 Å². The van der Waals surface area contributed by atoms with E-state index in [2.05, 4.69) is 69.6 Å². The van der Waals surface area contributed by atoms with Gasteiger partial charge in [0, 0.05) is 39.3 Å². The number of phenolic OH excluding ortho intramolecular Hbond substituents is 7. The molecule has 0 saturated heterocycles. The minimum absolute atomic E-state index is 0.000417. The Labute approximate surface area is 624 Å². The van der Waals surface area contributed by atoms with Gasteiger partial charge in [0.05, 0.1) is 53.5 Å². The molecule has 0 bridgehead atoms. The average molecular weight is 1500 g/mol. The third-order valence-electron chi connectivity index (χ3n) is 14.3. The molecule has 2 aliphatic rings. The van der Waals surface area contributed by atoms with E-state index in [-0.39, 0.29) is 79.7 Å². The summed E-state index contributed by atoms with van der Waals surface area (Å²) in [4.78, 5) is 90.7. The van der Waals surface area contributed by atoms with Crippen molar-refractivity contribution in [1.29, 1.82) is 5.26 Å². The number of hydrogen-bond acceptors (Lipinski definition) is 21. The number of allylic oxidation sites excluding steroid dienone is 2. The van der Waals surface area contributed by atoms with Crippen LogP contribution < -0.4 is 5.32 Å². The zero-order chi connectivity index (χ0) is 80.5. The van der Waals surface area contributed by atoms with E-state index >= 15 is 0 Å². The maximum absolute atomic E-state index is 11.9.